The molecule has 1 fully saturated rings. The second-order valence-corrected chi connectivity index (χ2v) is 11.0. The Bertz CT molecular complexity index is 1210. The van der Waals surface area contributed by atoms with Crippen LogP contribution < -0.4 is 9.62 Å². The van der Waals surface area contributed by atoms with Crippen molar-refractivity contribution in [1.82, 2.24) is 14.9 Å². The van der Waals surface area contributed by atoms with Gasteiger partial charge in [0.05, 0.1) is 11.2 Å². The number of likely N-dealkylation sites (N-methyl/N-ethyl adjacent to an activating group) is 1. The zero-order chi connectivity index (χ0) is 23.8. The van der Waals surface area contributed by atoms with Crippen LogP contribution in [0.25, 0.3) is 0 Å². The summed E-state index contributed by atoms with van der Waals surface area (Å²) in [5.41, 5.74) is 3.78. The normalized spacial score (nSPS) is 17.1. The van der Waals surface area contributed by atoms with E-state index < -0.39 is 15.8 Å². The van der Waals surface area contributed by atoms with E-state index in [-0.39, 0.29) is 22.7 Å². The van der Waals surface area contributed by atoms with Gasteiger partial charge in [-0.05, 0) is 31.0 Å². The van der Waals surface area contributed by atoms with Crippen LogP contribution in [0.2, 0.25) is 0 Å². The van der Waals surface area contributed by atoms with Crippen LogP contribution in [-0.2, 0) is 16.6 Å². The van der Waals surface area contributed by atoms with Gasteiger partial charge in [-0.15, -0.1) is 11.3 Å². The predicted octanol–water partition coefficient (Wildman–Crippen LogP) is 4.21. The van der Waals surface area contributed by atoms with Crippen molar-refractivity contribution in [2.45, 2.75) is 50.6 Å². The smallest absolute Gasteiger partial charge is 0.266 e. The molecule has 0 bridgehead atoms. The van der Waals surface area contributed by atoms with Gasteiger partial charge in [0.1, 0.15) is 17.0 Å². The third kappa shape index (κ3) is 5.20. The SMILES string of the molecule is Cc1cc(S(=O)(=O)Nc2cscn2)c(F)cc1N(C)C1CCN(Cc2coc(C(C)C)n2)C1. The number of thiazole rings is 1. The molecule has 1 aliphatic heterocycles. The first-order valence-electron chi connectivity index (χ1n) is 10.7. The molecule has 1 saturated heterocycles. The van der Waals surface area contributed by atoms with Crippen LogP contribution in [0.4, 0.5) is 15.9 Å². The molecule has 0 spiro atoms. The predicted molar refractivity (Wildman–Crippen MR) is 127 cm³/mol. The van der Waals surface area contributed by atoms with E-state index >= 15 is 0 Å². The fourth-order valence-corrected chi connectivity index (χ4v) is 5.75. The molecule has 1 unspecified atom stereocenters. The number of aryl methyl sites for hydroxylation is 1. The van der Waals surface area contributed by atoms with Crippen LogP contribution in [0.15, 0.2) is 38.6 Å². The van der Waals surface area contributed by atoms with Crippen molar-refractivity contribution in [1.29, 1.82) is 0 Å². The molecule has 1 atom stereocenters. The van der Waals surface area contributed by atoms with Gasteiger partial charge < -0.3 is 9.32 Å². The van der Waals surface area contributed by atoms with E-state index in [0.717, 1.165) is 31.1 Å². The van der Waals surface area contributed by atoms with Gasteiger partial charge in [0.2, 0.25) is 0 Å². The van der Waals surface area contributed by atoms with Crippen LogP contribution in [0.3, 0.4) is 0 Å². The van der Waals surface area contributed by atoms with Crippen molar-refractivity contribution in [3.8, 4) is 0 Å². The number of hydrogen-bond acceptors (Lipinski definition) is 8. The highest BCUT2D eigenvalue weighted by molar-refractivity contribution is 7.92. The minimum Gasteiger partial charge on any atom is -0.448 e. The first kappa shape index (κ1) is 23.7. The number of nitrogens with zero attached hydrogens (tertiary/aromatic N) is 4. The summed E-state index contributed by atoms with van der Waals surface area (Å²) in [6.07, 6.45) is 2.63. The molecule has 3 aromatic rings. The van der Waals surface area contributed by atoms with Gasteiger partial charge in [0.25, 0.3) is 10.0 Å². The third-order valence-electron chi connectivity index (χ3n) is 5.84. The first-order chi connectivity index (χ1) is 15.6. The quantitative estimate of drug-likeness (QED) is 0.502. The molecule has 0 radical (unpaired) electrons. The molecule has 4 rings (SSSR count). The van der Waals surface area contributed by atoms with Crippen LogP contribution in [0.1, 0.15) is 43.3 Å². The maximum atomic E-state index is 14.9. The summed E-state index contributed by atoms with van der Waals surface area (Å²) in [4.78, 5) is 12.4. The third-order valence-corrected chi connectivity index (χ3v) is 7.79. The van der Waals surface area contributed by atoms with Crippen molar-refractivity contribution >= 4 is 32.9 Å². The molecule has 11 heteroatoms. The largest absolute Gasteiger partial charge is 0.448 e. The van der Waals surface area contributed by atoms with Gasteiger partial charge in [0, 0.05) is 49.7 Å². The van der Waals surface area contributed by atoms with E-state index in [2.05, 4.69) is 19.6 Å². The second kappa shape index (κ2) is 9.40. The molecular formula is C22H28FN5O3S2. The van der Waals surface area contributed by atoms with Gasteiger partial charge >= 0.3 is 0 Å². The molecule has 2 aromatic heterocycles. The minimum absolute atomic E-state index is 0.176. The lowest BCUT2D eigenvalue weighted by Gasteiger charge is -2.29. The Kier molecular flexibility index (Phi) is 6.73. The van der Waals surface area contributed by atoms with Gasteiger partial charge in [0.15, 0.2) is 11.7 Å². The molecule has 178 valence electrons. The monoisotopic (exact) mass is 493 g/mol. The van der Waals surface area contributed by atoms with E-state index in [1.807, 2.05) is 25.8 Å². The molecular weight excluding hydrogens is 465 g/mol. The number of oxazole rings is 1. The molecule has 0 amide bonds. The van der Waals surface area contributed by atoms with E-state index in [0.29, 0.717) is 17.8 Å². The Hall–Kier alpha value is -2.50. The molecule has 33 heavy (non-hydrogen) atoms. The maximum Gasteiger partial charge on any atom is 0.266 e. The topological polar surface area (TPSA) is 91.6 Å². The maximum absolute atomic E-state index is 14.9. The number of likely N-dealkylation sites (tertiary alicyclic amines) is 1. The van der Waals surface area contributed by atoms with Crippen LogP contribution in [-0.4, -0.2) is 49.5 Å². The molecule has 8 nitrogen and oxygen atoms in total. The Balaban J connectivity index is 1.46. The Morgan fingerprint density at radius 2 is 2.18 bits per heavy atom. The van der Waals surface area contributed by atoms with Gasteiger partial charge in [-0.1, -0.05) is 13.8 Å². The summed E-state index contributed by atoms with van der Waals surface area (Å²) in [6.45, 7) is 8.28. The standard InChI is InChI=1S/C22H28FN5O3S2/c1-14(2)22-25-16(11-31-22)9-28-6-5-17(10-28)27(4)19-8-18(23)20(7-15(19)3)33(29,30)26-21-12-32-13-24-21/h7-8,11-14,17,26H,5-6,9-10H2,1-4H3. The molecule has 3 heterocycles. The van der Waals surface area contributed by atoms with E-state index in [9.17, 15) is 12.8 Å². The Morgan fingerprint density at radius 1 is 1.39 bits per heavy atom. The Morgan fingerprint density at radius 3 is 2.85 bits per heavy atom. The van der Waals surface area contributed by atoms with E-state index in [1.54, 1.807) is 18.6 Å². The van der Waals surface area contributed by atoms with Crippen LogP contribution >= 0.6 is 11.3 Å². The van der Waals surface area contributed by atoms with E-state index in [4.69, 9.17) is 4.42 Å². The summed E-state index contributed by atoms with van der Waals surface area (Å²) in [5, 5.41) is 1.55. The summed E-state index contributed by atoms with van der Waals surface area (Å²) in [6, 6.07) is 2.86. The number of nitrogens with one attached hydrogen (secondary N) is 1. The van der Waals surface area contributed by atoms with Gasteiger partial charge in [-0.3, -0.25) is 9.62 Å². The number of sulfonamides is 1. The van der Waals surface area contributed by atoms with Crippen LogP contribution in [0.5, 0.6) is 0 Å². The number of halogens is 1. The molecule has 0 saturated carbocycles. The zero-order valence-electron chi connectivity index (χ0n) is 19.1. The first-order valence-corrected chi connectivity index (χ1v) is 13.2. The number of benzene rings is 1. The van der Waals surface area contributed by atoms with Crippen molar-refractivity contribution < 1.29 is 17.2 Å². The molecule has 0 aliphatic carbocycles. The van der Waals surface area contributed by atoms with Gasteiger partial charge in [-0.25, -0.2) is 22.8 Å². The summed E-state index contributed by atoms with van der Waals surface area (Å²) < 4.78 is 48.1. The second-order valence-electron chi connectivity index (χ2n) is 8.67. The molecule has 1 aromatic carbocycles. The van der Waals surface area contributed by atoms with Crippen molar-refractivity contribution in [3.63, 3.8) is 0 Å². The minimum atomic E-state index is -4.07. The lowest BCUT2D eigenvalue weighted by Crippen LogP contribution is -2.35. The highest BCUT2D eigenvalue weighted by Crippen LogP contribution is 2.30. The van der Waals surface area contributed by atoms with Crippen LogP contribution in [0, 0.1) is 12.7 Å². The highest BCUT2D eigenvalue weighted by atomic mass is 32.2. The fourth-order valence-electron chi connectivity index (χ4n) is 4.04. The summed E-state index contributed by atoms with van der Waals surface area (Å²) in [7, 11) is -2.15. The number of aromatic nitrogens is 2. The zero-order valence-corrected chi connectivity index (χ0v) is 20.7. The van der Waals surface area contributed by atoms with Crippen molar-refractivity contribution in [3.05, 3.63) is 52.3 Å². The number of anilines is 2. The fraction of sp³-hybridized carbons (Fsp3) is 0.455. The molecule has 1 N–H and O–H groups in total. The summed E-state index contributed by atoms with van der Waals surface area (Å²) >= 11 is 1.25. The lowest BCUT2D eigenvalue weighted by atomic mass is 10.1. The number of hydrogen-bond donors (Lipinski definition) is 1. The van der Waals surface area contributed by atoms with Gasteiger partial charge in [-0.2, -0.15) is 0 Å². The summed E-state index contributed by atoms with van der Waals surface area (Å²) in [5.74, 6) is 0.376. The average Bonchev–Trinajstić information content (AvgIpc) is 3.51. The average molecular weight is 494 g/mol. The van der Waals surface area contributed by atoms with E-state index in [1.165, 1.54) is 29.0 Å². The van der Waals surface area contributed by atoms with Crippen molar-refractivity contribution in [2.24, 2.45) is 0 Å². The Labute approximate surface area is 197 Å². The number of rotatable bonds is 8. The van der Waals surface area contributed by atoms with Crippen molar-refractivity contribution in [2.75, 3.05) is 29.8 Å². The lowest BCUT2D eigenvalue weighted by molar-refractivity contribution is 0.321. The molecule has 1 aliphatic rings. The highest BCUT2D eigenvalue weighted by Gasteiger charge is 2.29.